The van der Waals surface area contributed by atoms with E-state index in [1.54, 1.807) is 0 Å². The molecule has 3 aromatic rings. The molecule has 1 saturated heterocycles. The highest BCUT2D eigenvalue weighted by atomic mass is 16.5. The van der Waals surface area contributed by atoms with Gasteiger partial charge in [-0.2, -0.15) is 0 Å². The molecule has 0 aliphatic carbocycles. The first-order chi connectivity index (χ1) is 12.4. The summed E-state index contributed by atoms with van der Waals surface area (Å²) in [6.45, 7) is 13.5. The molecule has 0 aromatic carbocycles. The minimum absolute atomic E-state index is 0.0663. The van der Waals surface area contributed by atoms with Crippen LogP contribution in [0.5, 0.6) is 0 Å². The third-order valence-corrected chi connectivity index (χ3v) is 5.00. The van der Waals surface area contributed by atoms with Crippen molar-refractivity contribution in [2.24, 2.45) is 0 Å². The number of pyridine rings is 1. The first kappa shape index (κ1) is 17.1. The number of anilines is 1. The Hall–Kier alpha value is -2.34. The summed E-state index contributed by atoms with van der Waals surface area (Å²) in [4.78, 5) is 9.61. The average Bonchev–Trinajstić information content (AvgIpc) is 3.20. The lowest BCUT2D eigenvalue weighted by atomic mass is 9.93. The van der Waals surface area contributed by atoms with E-state index in [4.69, 9.17) is 9.51 Å². The summed E-state index contributed by atoms with van der Waals surface area (Å²) in [5, 5.41) is 3.97. The molecule has 4 heterocycles. The second-order valence-corrected chi connectivity index (χ2v) is 8.23. The van der Waals surface area contributed by atoms with Gasteiger partial charge in [-0.3, -0.25) is 4.90 Å². The van der Waals surface area contributed by atoms with Crippen molar-refractivity contribution in [1.29, 1.82) is 0 Å². The van der Waals surface area contributed by atoms with Crippen LogP contribution in [-0.2, 0) is 12.0 Å². The molecule has 6 nitrogen and oxygen atoms in total. The first-order valence-electron chi connectivity index (χ1n) is 9.27. The monoisotopic (exact) mass is 353 g/mol. The zero-order chi connectivity index (χ0) is 18.3. The Balaban J connectivity index is 1.43. The maximum Gasteiger partial charge on any atom is 0.150 e. The molecular formula is C20H27N5O. The number of hydrogen-bond acceptors (Lipinski definition) is 5. The molecule has 26 heavy (non-hydrogen) atoms. The van der Waals surface area contributed by atoms with Gasteiger partial charge in [0.15, 0.2) is 5.76 Å². The van der Waals surface area contributed by atoms with Crippen LogP contribution >= 0.6 is 0 Å². The van der Waals surface area contributed by atoms with Crippen molar-refractivity contribution in [3.05, 3.63) is 47.7 Å². The van der Waals surface area contributed by atoms with E-state index >= 15 is 0 Å². The third kappa shape index (κ3) is 3.46. The van der Waals surface area contributed by atoms with E-state index in [1.807, 2.05) is 13.0 Å². The minimum Gasteiger partial charge on any atom is -0.368 e. The van der Waals surface area contributed by atoms with Crippen molar-refractivity contribution in [2.75, 3.05) is 31.1 Å². The number of aromatic nitrogens is 3. The van der Waals surface area contributed by atoms with Crippen molar-refractivity contribution in [1.82, 2.24) is 19.4 Å². The molecule has 3 aromatic heterocycles. The van der Waals surface area contributed by atoms with Gasteiger partial charge in [-0.25, -0.2) is 4.98 Å². The Bertz CT molecular complexity index is 896. The quantitative estimate of drug-likeness (QED) is 0.723. The standard InChI is InChI=1S/C20H27N5O/c1-15-11-17(26-22-15)13-23-7-9-24(10-8-23)16-5-6-19-21-18(20(2,3)4)14-25(19)12-16/h5-6,11-12,14H,7-10,13H2,1-4H3. The number of aryl methyl sites for hydroxylation is 1. The van der Waals surface area contributed by atoms with Gasteiger partial charge in [-0.1, -0.05) is 25.9 Å². The van der Waals surface area contributed by atoms with Crippen LogP contribution in [0, 0.1) is 6.92 Å². The first-order valence-corrected chi connectivity index (χ1v) is 9.27. The number of rotatable bonds is 3. The Kier molecular flexibility index (Phi) is 4.23. The fourth-order valence-electron chi connectivity index (χ4n) is 3.40. The third-order valence-electron chi connectivity index (χ3n) is 5.00. The van der Waals surface area contributed by atoms with Crippen LogP contribution in [0.4, 0.5) is 5.69 Å². The van der Waals surface area contributed by atoms with Crippen LogP contribution in [0.15, 0.2) is 35.1 Å². The van der Waals surface area contributed by atoms with Crippen LogP contribution in [-0.4, -0.2) is 45.6 Å². The highest BCUT2D eigenvalue weighted by Crippen LogP contribution is 2.24. The van der Waals surface area contributed by atoms with Crippen LogP contribution in [0.1, 0.15) is 37.9 Å². The summed E-state index contributed by atoms with van der Waals surface area (Å²) < 4.78 is 7.49. The zero-order valence-electron chi connectivity index (χ0n) is 16.1. The molecule has 0 amide bonds. The summed E-state index contributed by atoms with van der Waals surface area (Å²) in [6.07, 6.45) is 4.36. The predicted molar refractivity (Wildman–Crippen MR) is 103 cm³/mol. The number of nitrogens with zero attached hydrogens (tertiary/aromatic N) is 5. The van der Waals surface area contributed by atoms with Crippen LogP contribution in [0.25, 0.3) is 5.65 Å². The molecular weight excluding hydrogens is 326 g/mol. The Morgan fingerprint density at radius 1 is 1.08 bits per heavy atom. The lowest BCUT2D eigenvalue weighted by Gasteiger charge is -2.35. The molecule has 1 fully saturated rings. The second-order valence-electron chi connectivity index (χ2n) is 8.23. The molecule has 138 valence electrons. The van der Waals surface area contributed by atoms with E-state index in [0.717, 1.165) is 55.5 Å². The fourth-order valence-corrected chi connectivity index (χ4v) is 3.40. The minimum atomic E-state index is 0.0663. The van der Waals surface area contributed by atoms with Gasteiger partial charge in [-0.15, -0.1) is 0 Å². The molecule has 0 spiro atoms. The van der Waals surface area contributed by atoms with Crippen molar-refractivity contribution < 1.29 is 4.52 Å². The summed E-state index contributed by atoms with van der Waals surface area (Å²) in [5.74, 6) is 0.950. The van der Waals surface area contributed by atoms with Crippen molar-refractivity contribution in [3.63, 3.8) is 0 Å². The summed E-state index contributed by atoms with van der Waals surface area (Å²) in [5.41, 5.74) is 4.41. The lowest BCUT2D eigenvalue weighted by Crippen LogP contribution is -2.46. The molecule has 1 aliphatic rings. The molecule has 0 atom stereocenters. The van der Waals surface area contributed by atoms with Gasteiger partial charge in [-0.05, 0) is 19.1 Å². The van der Waals surface area contributed by atoms with Crippen molar-refractivity contribution in [2.45, 2.75) is 39.7 Å². The highest BCUT2D eigenvalue weighted by molar-refractivity contribution is 5.53. The number of fused-ring (bicyclic) bond motifs is 1. The second kappa shape index (κ2) is 6.43. The van der Waals surface area contributed by atoms with Gasteiger partial charge in [0.05, 0.1) is 23.6 Å². The maximum absolute atomic E-state index is 5.34. The van der Waals surface area contributed by atoms with Gasteiger partial charge in [0, 0.05) is 50.1 Å². The van der Waals surface area contributed by atoms with Crippen LogP contribution < -0.4 is 4.90 Å². The van der Waals surface area contributed by atoms with Gasteiger partial charge in [0.25, 0.3) is 0 Å². The molecule has 1 aliphatic heterocycles. The Morgan fingerprint density at radius 3 is 2.50 bits per heavy atom. The normalized spacial score (nSPS) is 16.5. The van der Waals surface area contributed by atoms with Gasteiger partial charge < -0.3 is 13.8 Å². The van der Waals surface area contributed by atoms with E-state index in [-0.39, 0.29) is 5.41 Å². The molecule has 0 radical (unpaired) electrons. The topological polar surface area (TPSA) is 49.8 Å². The van der Waals surface area contributed by atoms with E-state index < -0.39 is 0 Å². The van der Waals surface area contributed by atoms with Gasteiger partial charge in [0.1, 0.15) is 5.65 Å². The summed E-state index contributed by atoms with van der Waals surface area (Å²) in [7, 11) is 0. The maximum atomic E-state index is 5.34. The van der Waals surface area contributed by atoms with E-state index in [2.05, 4.69) is 64.7 Å². The number of hydrogen-bond donors (Lipinski definition) is 0. The molecule has 6 heteroatoms. The molecule has 0 unspecified atom stereocenters. The Morgan fingerprint density at radius 2 is 1.85 bits per heavy atom. The van der Waals surface area contributed by atoms with Gasteiger partial charge in [0.2, 0.25) is 0 Å². The van der Waals surface area contributed by atoms with Crippen LogP contribution in [0.2, 0.25) is 0 Å². The highest BCUT2D eigenvalue weighted by Gasteiger charge is 2.20. The smallest absolute Gasteiger partial charge is 0.150 e. The van der Waals surface area contributed by atoms with E-state index in [0.29, 0.717) is 0 Å². The fraction of sp³-hybridized carbons (Fsp3) is 0.500. The molecule has 0 N–H and O–H groups in total. The number of piperazine rings is 1. The lowest BCUT2D eigenvalue weighted by molar-refractivity contribution is 0.219. The number of imidazole rings is 1. The summed E-state index contributed by atoms with van der Waals surface area (Å²) in [6, 6.07) is 6.32. The zero-order valence-corrected chi connectivity index (χ0v) is 16.1. The predicted octanol–water partition coefficient (Wildman–Crippen LogP) is 3.25. The SMILES string of the molecule is Cc1cc(CN2CCN(c3ccc4nc(C(C)(C)C)cn4c3)CC2)on1. The van der Waals surface area contributed by atoms with Crippen LogP contribution in [0.3, 0.4) is 0 Å². The van der Waals surface area contributed by atoms with Crippen molar-refractivity contribution in [3.8, 4) is 0 Å². The average molecular weight is 353 g/mol. The van der Waals surface area contributed by atoms with Gasteiger partial charge >= 0.3 is 0 Å². The summed E-state index contributed by atoms with van der Waals surface area (Å²) >= 11 is 0. The molecule has 0 bridgehead atoms. The molecule has 0 saturated carbocycles. The van der Waals surface area contributed by atoms with Crippen molar-refractivity contribution >= 4 is 11.3 Å². The largest absolute Gasteiger partial charge is 0.368 e. The van der Waals surface area contributed by atoms with E-state index in [9.17, 15) is 0 Å². The molecule has 4 rings (SSSR count). The van der Waals surface area contributed by atoms with E-state index in [1.165, 1.54) is 5.69 Å². The Labute approximate surface area is 154 Å².